The fourth-order valence-electron chi connectivity index (χ4n) is 3.01. The molecule has 142 valence electrons. The normalized spacial score (nSPS) is 18.1. The Labute approximate surface area is 168 Å². The van der Waals surface area contributed by atoms with E-state index in [0.29, 0.717) is 5.02 Å². The van der Waals surface area contributed by atoms with Gasteiger partial charge in [0.1, 0.15) is 4.90 Å². The highest BCUT2D eigenvalue weighted by Gasteiger charge is 2.27. The van der Waals surface area contributed by atoms with Crippen molar-refractivity contribution in [3.05, 3.63) is 50.6 Å². The van der Waals surface area contributed by atoms with Crippen molar-refractivity contribution in [3.63, 3.8) is 0 Å². The lowest BCUT2D eigenvalue weighted by Crippen LogP contribution is -2.48. The van der Waals surface area contributed by atoms with Crippen LogP contribution in [0.5, 0.6) is 0 Å². The minimum atomic E-state index is -3.75. The van der Waals surface area contributed by atoms with E-state index in [0.717, 1.165) is 31.7 Å². The second kappa shape index (κ2) is 8.56. The summed E-state index contributed by atoms with van der Waals surface area (Å²) in [6.07, 6.45) is 0. The lowest BCUT2D eigenvalue weighted by molar-refractivity contribution is 0.113. The van der Waals surface area contributed by atoms with Gasteiger partial charge in [0.15, 0.2) is 0 Å². The number of piperazine rings is 1. The van der Waals surface area contributed by atoms with Crippen LogP contribution in [-0.4, -0.2) is 58.0 Å². The first kappa shape index (κ1) is 20.1. The molecule has 5 nitrogen and oxygen atoms in total. The zero-order valence-corrected chi connectivity index (χ0v) is 17.5. The van der Waals surface area contributed by atoms with Crippen LogP contribution in [0.1, 0.15) is 11.6 Å². The van der Waals surface area contributed by atoms with Gasteiger partial charge < -0.3 is 4.90 Å². The summed E-state index contributed by atoms with van der Waals surface area (Å²) in [6, 6.07) is 6.48. The molecule has 3 rings (SSSR count). The molecule has 0 aliphatic carbocycles. The standard InChI is InChI=1S/C17H21Cl2N3O2S2/c1-21-5-7-22(8-6-21)16(13-4-9-25-12-13)11-20-26(23,24)17-10-14(18)2-3-15(17)19/h2-4,9-10,12,16,20H,5-8,11H2,1H3. The van der Waals surface area contributed by atoms with Gasteiger partial charge in [-0.3, -0.25) is 4.90 Å². The molecule has 26 heavy (non-hydrogen) atoms. The number of nitrogens with zero attached hydrogens (tertiary/aromatic N) is 2. The molecule has 1 N–H and O–H groups in total. The van der Waals surface area contributed by atoms with Crippen LogP contribution in [-0.2, 0) is 10.0 Å². The highest BCUT2D eigenvalue weighted by molar-refractivity contribution is 7.89. The van der Waals surface area contributed by atoms with E-state index in [1.54, 1.807) is 17.4 Å². The number of rotatable bonds is 6. The molecular weight excluding hydrogens is 413 g/mol. The van der Waals surface area contributed by atoms with E-state index in [1.165, 1.54) is 12.1 Å². The number of thiophene rings is 1. The predicted octanol–water partition coefficient (Wildman–Crippen LogP) is 3.32. The van der Waals surface area contributed by atoms with Gasteiger partial charge in [-0.1, -0.05) is 23.2 Å². The number of benzene rings is 1. The summed E-state index contributed by atoms with van der Waals surface area (Å²) >= 11 is 13.6. The average Bonchev–Trinajstić information content (AvgIpc) is 3.13. The topological polar surface area (TPSA) is 52.6 Å². The molecule has 1 fully saturated rings. The maximum atomic E-state index is 12.7. The Balaban J connectivity index is 1.78. The van der Waals surface area contributed by atoms with Crippen LogP contribution in [0.3, 0.4) is 0 Å². The first-order valence-corrected chi connectivity index (χ1v) is 11.4. The van der Waals surface area contributed by atoms with Crippen molar-refractivity contribution in [2.45, 2.75) is 10.9 Å². The molecule has 2 aromatic rings. The van der Waals surface area contributed by atoms with E-state index in [1.807, 2.05) is 11.4 Å². The second-order valence-corrected chi connectivity index (χ2v) is 9.70. The van der Waals surface area contributed by atoms with Gasteiger partial charge in [0.2, 0.25) is 10.0 Å². The van der Waals surface area contributed by atoms with Crippen LogP contribution >= 0.6 is 34.5 Å². The SMILES string of the molecule is CN1CCN(C(CNS(=O)(=O)c2cc(Cl)ccc2Cl)c2ccsc2)CC1. The van der Waals surface area contributed by atoms with E-state index < -0.39 is 10.0 Å². The van der Waals surface area contributed by atoms with Crippen molar-refractivity contribution in [2.24, 2.45) is 0 Å². The molecule has 1 atom stereocenters. The maximum Gasteiger partial charge on any atom is 0.242 e. The molecule has 1 unspecified atom stereocenters. The van der Waals surface area contributed by atoms with Crippen LogP contribution in [0.25, 0.3) is 0 Å². The maximum absolute atomic E-state index is 12.7. The lowest BCUT2D eigenvalue weighted by atomic mass is 10.1. The van der Waals surface area contributed by atoms with Crippen molar-refractivity contribution >= 4 is 44.6 Å². The van der Waals surface area contributed by atoms with Crippen LogP contribution in [0.4, 0.5) is 0 Å². The van der Waals surface area contributed by atoms with Crippen molar-refractivity contribution in [3.8, 4) is 0 Å². The zero-order valence-electron chi connectivity index (χ0n) is 14.4. The summed E-state index contributed by atoms with van der Waals surface area (Å²) in [5.74, 6) is 0. The van der Waals surface area contributed by atoms with Gasteiger partial charge in [-0.15, -0.1) is 0 Å². The van der Waals surface area contributed by atoms with Gasteiger partial charge in [0.05, 0.1) is 5.02 Å². The first-order valence-electron chi connectivity index (χ1n) is 8.26. The van der Waals surface area contributed by atoms with Crippen LogP contribution in [0.2, 0.25) is 10.0 Å². The smallest absolute Gasteiger partial charge is 0.242 e. The number of nitrogens with one attached hydrogen (secondary N) is 1. The molecule has 0 bridgehead atoms. The van der Waals surface area contributed by atoms with Crippen molar-refractivity contribution < 1.29 is 8.42 Å². The largest absolute Gasteiger partial charge is 0.304 e. The van der Waals surface area contributed by atoms with Gasteiger partial charge in [-0.25, -0.2) is 13.1 Å². The predicted molar refractivity (Wildman–Crippen MR) is 108 cm³/mol. The number of likely N-dealkylation sites (N-methyl/N-ethyl adjacent to an activating group) is 1. The molecule has 0 radical (unpaired) electrons. The quantitative estimate of drug-likeness (QED) is 0.758. The van der Waals surface area contributed by atoms with Crippen LogP contribution < -0.4 is 4.72 Å². The minimum Gasteiger partial charge on any atom is -0.304 e. The molecular formula is C17H21Cl2N3O2S2. The van der Waals surface area contributed by atoms with E-state index in [4.69, 9.17) is 23.2 Å². The number of hydrogen-bond acceptors (Lipinski definition) is 5. The second-order valence-electron chi connectivity index (χ2n) is 6.34. The van der Waals surface area contributed by atoms with E-state index in [-0.39, 0.29) is 22.5 Å². The van der Waals surface area contributed by atoms with Gasteiger partial charge in [-0.2, -0.15) is 11.3 Å². The van der Waals surface area contributed by atoms with E-state index in [9.17, 15) is 8.42 Å². The first-order chi connectivity index (χ1) is 12.4. The van der Waals surface area contributed by atoms with Crippen molar-refractivity contribution in [1.82, 2.24) is 14.5 Å². The molecule has 0 spiro atoms. The fraction of sp³-hybridized carbons (Fsp3) is 0.412. The molecule has 1 saturated heterocycles. The highest BCUT2D eigenvalue weighted by Crippen LogP contribution is 2.27. The Morgan fingerprint density at radius 2 is 1.92 bits per heavy atom. The molecule has 1 aliphatic heterocycles. The molecule has 1 aliphatic rings. The number of hydrogen-bond donors (Lipinski definition) is 1. The Bertz CT molecular complexity index is 836. The summed E-state index contributed by atoms with van der Waals surface area (Å²) in [4.78, 5) is 4.61. The molecule has 9 heteroatoms. The third-order valence-corrected chi connectivity index (χ3v) is 7.40. The van der Waals surface area contributed by atoms with E-state index in [2.05, 4.69) is 26.9 Å². The summed E-state index contributed by atoms with van der Waals surface area (Å²) in [7, 11) is -1.65. The third-order valence-electron chi connectivity index (χ3n) is 4.56. The fourth-order valence-corrected chi connectivity index (χ4v) is 5.51. The Kier molecular flexibility index (Phi) is 6.61. The Morgan fingerprint density at radius 3 is 2.58 bits per heavy atom. The third kappa shape index (κ3) is 4.78. The van der Waals surface area contributed by atoms with Gasteiger partial charge in [-0.05, 0) is 47.6 Å². The molecule has 1 aromatic heterocycles. The molecule has 1 aromatic carbocycles. The van der Waals surface area contributed by atoms with Gasteiger partial charge >= 0.3 is 0 Å². The molecule has 0 amide bonds. The monoisotopic (exact) mass is 433 g/mol. The lowest BCUT2D eigenvalue weighted by Gasteiger charge is -2.38. The van der Waals surface area contributed by atoms with Crippen molar-refractivity contribution in [2.75, 3.05) is 39.8 Å². The van der Waals surface area contributed by atoms with Crippen LogP contribution in [0, 0.1) is 0 Å². The summed E-state index contributed by atoms with van der Waals surface area (Å²) in [6.45, 7) is 4.01. The minimum absolute atomic E-state index is 0.00844. The molecule has 2 heterocycles. The summed E-state index contributed by atoms with van der Waals surface area (Å²) < 4.78 is 28.2. The average molecular weight is 434 g/mol. The number of sulfonamides is 1. The summed E-state index contributed by atoms with van der Waals surface area (Å²) in [5.41, 5.74) is 1.12. The van der Waals surface area contributed by atoms with Gasteiger partial charge in [0, 0.05) is 43.8 Å². The number of halogens is 2. The highest BCUT2D eigenvalue weighted by atomic mass is 35.5. The van der Waals surface area contributed by atoms with Crippen molar-refractivity contribution in [1.29, 1.82) is 0 Å². The zero-order chi connectivity index (χ0) is 18.7. The summed E-state index contributed by atoms with van der Waals surface area (Å²) in [5, 5.41) is 4.58. The van der Waals surface area contributed by atoms with Crippen LogP contribution in [0.15, 0.2) is 39.9 Å². The Morgan fingerprint density at radius 1 is 1.19 bits per heavy atom. The Hall–Kier alpha value is -0.670. The van der Waals surface area contributed by atoms with Gasteiger partial charge in [0.25, 0.3) is 0 Å². The molecule has 0 saturated carbocycles. The van der Waals surface area contributed by atoms with E-state index >= 15 is 0 Å².